The number of carbonyl (C=O) groups excluding carboxylic acids is 1. The third-order valence-electron chi connectivity index (χ3n) is 0.630. The molecule has 0 saturated carbocycles. The van der Waals surface area contributed by atoms with Crippen LogP contribution in [0.15, 0.2) is 0 Å². The Kier molecular flexibility index (Phi) is 13.9. The molecule has 0 aromatic carbocycles. The van der Waals surface area contributed by atoms with E-state index in [0.29, 0.717) is 0 Å². The van der Waals surface area contributed by atoms with Gasteiger partial charge in [0, 0.05) is 21.0 Å². The summed E-state index contributed by atoms with van der Waals surface area (Å²) >= 11 is 0. The van der Waals surface area contributed by atoms with E-state index in [1.54, 1.807) is 14.1 Å². The molecule has 0 spiro atoms. The molecule has 8 heteroatoms. The predicted molar refractivity (Wildman–Crippen MR) is 45.8 cm³/mol. The fourth-order valence-corrected chi connectivity index (χ4v) is 0. The van der Waals surface area contributed by atoms with Crippen molar-refractivity contribution in [1.29, 1.82) is 0 Å². The van der Waals surface area contributed by atoms with Crippen molar-refractivity contribution in [2.24, 2.45) is 0 Å². The normalized spacial score (nSPS) is 8.83. The molecule has 12 heavy (non-hydrogen) atoms. The molecule has 0 rings (SSSR count). The van der Waals surface area contributed by atoms with Crippen LogP contribution in [0.2, 0.25) is 0 Å². The first-order chi connectivity index (χ1) is 4.64. The number of rotatable bonds is 0. The maximum atomic E-state index is 10.1. The first-order valence-corrected chi connectivity index (χ1v) is 4.17. The average Bonchev–Trinajstić information content (AvgIpc) is 1.59. The Morgan fingerprint density at radius 3 is 1.33 bits per heavy atom. The second-order valence-electron chi connectivity index (χ2n) is 1.93. The van der Waals surface area contributed by atoms with Gasteiger partial charge >= 0.3 is 59.2 Å². The van der Waals surface area contributed by atoms with E-state index >= 15 is 0 Å². The van der Waals surface area contributed by atoms with E-state index in [2.05, 4.69) is 0 Å². The van der Waals surface area contributed by atoms with E-state index in [-0.39, 0.29) is 57.3 Å². The van der Waals surface area contributed by atoms with Crippen LogP contribution in [0.4, 0.5) is 0 Å². The zero-order valence-electron chi connectivity index (χ0n) is 6.55. The number of amides is 1. The number of hydrogen-bond donors (Lipinski definition) is 3. The molecule has 0 atom stereocenters. The van der Waals surface area contributed by atoms with Crippen molar-refractivity contribution in [3.05, 3.63) is 0 Å². The topological polar surface area (TPSA) is 98.1 Å². The van der Waals surface area contributed by atoms with Gasteiger partial charge in [-0.15, -0.1) is 0 Å². The van der Waals surface area contributed by atoms with Crippen LogP contribution in [0, 0.1) is 0 Å². The molecule has 0 saturated heterocycles. The molecule has 0 bridgehead atoms. The molecule has 6 nitrogen and oxygen atoms in total. The zero-order chi connectivity index (χ0) is 9.65. The molecule has 0 unspecified atom stereocenters. The summed E-state index contributed by atoms with van der Waals surface area (Å²) in [5.41, 5.74) is 0. The van der Waals surface area contributed by atoms with Crippen LogP contribution in [0.5, 0.6) is 0 Å². The van der Waals surface area contributed by atoms with Crippen molar-refractivity contribution in [2.45, 2.75) is 6.92 Å². The summed E-state index contributed by atoms with van der Waals surface area (Å²) in [6.45, 7) is 1.53. The Balaban J connectivity index is -0.000000126. The van der Waals surface area contributed by atoms with Crippen LogP contribution in [0.1, 0.15) is 6.92 Å². The first-order valence-electron chi connectivity index (χ1n) is 2.60. The van der Waals surface area contributed by atoms with Crippen molar-refractivity contribution in [1.82, 2.24) is 4.90 Å². The number of carbonyl (C=O) groups is 1. The van der Waals surface area contributed by atoms with E-state index in [1.807, 2.05) is 0 Å². The Hall–Kier alpha value is 1.22. The van der Waals surface area contributed by atoms with E-state index in [9.17, 15) is 4.79 Å². The van der Waals surface area contributed by atoms with Gasteiger partial charge in [-0.05, 0) is 0 Å². The van der Waals surface area contributed by atoms with Crippen molar-refractivity contribution >= 4 is 65.1 Å². The van der Waals surface area contributed by atoms with Crippen LogP contribution in [0.25, 0.3) is 0 Å². The van der Waals surface area contributed by atoms with Crippen molar-refractivity contribution in [3.63, 3.8) is 0 Å². The van der Waals surface area contributed by atoms with Crippen LogP contribution < -0.4 is 0 Å². The Morgan fingerprint density at radius 2 is 1.33 bits per heavy atom. The van der Waals surface area contributed by atoms with Crippen LogP contribution in [-0.4, -0.2) is 91.0 Å². The Bertz CT molecular complexity index is 159. The van der Waals surface area contributed by atoms with Crippen molar-refractivity contribution in [2.75, 3.05) is 14.1 Å². The number of phosphoric acid groups is 1. The number of hydrogen-bond acceptors (Lipinski definition) is 2. The van der Waals surface area contributed by atoms with Gasteiger partial charge in [-0.1, -0.05) is 0 Å². The summed E-state index contributed by atoms with van der Waals surface area (Å²) in [4.78, 5) is 33.2. The first kappa shape index (κ1) is 18.9. The summed E-state index contributed by atoms with van der Waals surface area (Å²) in [7, 11) is -1.19. The Morgan fingerprint density at radius 1 is 1.25 bits per heavy atom. The minimum absolute atomic E-state index is 0. The average molecular weight is 225 g/mol. The molecular formula is C4H13KNO5P. The van der Waals surface area contributed by atoms with Crippen LogP contribution in [-0.2, 0) is 9.36 Å². The summed E-state index contributed by atoms with van der Waals surface area (Å²) in [6, 6.07) is 0. The van der Waals surface area contributed by atoms with Gasteiger partial charge in [0.2, 0.25) is 5.91 Å². The van der Waals surface area contributed by atoms with Crippen LogP contribution >= 0.6 is 7.82 Å². The van der Waals surface area contributed by atoms with E-state index in [0.717, 1.165) is 0 Å². The molecule has 0 aliphatic heterocycles. The summed E-state index contributed by atoms with van der Waals surface area (Å²) in [5.74, 6) is 0.0926. The zero-order valence-corrected chi connectivity index (χ0v) is 7.45. The molecule has 3 N–H and O–H groups in total. The van der Waals surface area contributed by atoms with Gasteiger partial charge in [0.05, 0.1) is 0 Å². The van der Waals surface area contributed by atoms with E-state index in [4.69, 9.17) is 19.2 Å². The quantitative estimate of drug-likeness (QED) is 0.345. The van der Waals surface area contributed by atoms with Gasteiger partial charge in [-0.2, -0.15) is 0 Å². The SMILES string of the molecule is CC(=O)N(C)C.O=P(O)(O)O.[KH]. The third-order valence-corrected chi connectivity index (χ3v) is 0.630. The molecule has 0 aliphatic carbocycles. The molecule has 1 amide bonds. The fourth-order valence-electron chi connectivity index (χ4n) is 0. The Labute approximate surface area is 114 Å². The summed E-state index contributed by atoms with van der Waals surface area (Å²) < 4.78 is 8.88. The predicted octanol–water partition coefficient (Wildman–Crippen LogP) is -1.48. The molecular weight excluding hydrogens is 212 g/mol. The third kappa shape index (κ3) is 43.0. The van der Waals surface area contributed by atoms with Gasteiger partial charge in [-0.3, -0.25) is 4.79 Å². The minimum atomic E-state index is -4.64. The van der Waals surface area contributed by atoms with Gasteiger partial charge in [0.1, 0.15) is 0 Å². The molecule has 0 radical (unpaired) electrons. The van der Waals surface area contributed by atoms with E-state index in [1.165, 1.54) is 11.8 Å². The van der Waals surface area contributed by atoms with Gasteiger partial charge in [0.15, 0.2) is 0 Å². The van der Waals surface area contributed by atoms with Crippen molar-refractivity contribution in [3.8, 4) is 0 Å². The second kappa shape index (κ2) is 8.80. The van der Waals surface area contributed by atoms with Gasteiger partial charge < -0.3 is 19.6 Å². The van der Waals surface area contributed by atoms with Crippen LogP contribution in [0.3, 0.4) is 0 Å². The summed E-state index contributed by atoms with van der Waals surface area (Å²) in [5, 5.41) is 0. The molecule has 0 aromatic rings. The molecule has 0 fully saturated rings. The molecule has 0 heterocycles. The number of nitrogens with zero attached hydrogens (tertiary/aromatic N) is 1. The maximum absolute atomic E-state index is 10.1. The summed E-state index contributed by atoms with van der Waals surface area (Å²) in [6.07, 6.45) is 0. The second-order valence-corrected chi connectivity index (χ2v) is 2.95. The monoisotopic (exact) mass is 225 g/mol. The molecule has 0 aliphatic rings. The standard InChI is InChI=1S/C4H9NO.K.H3O4P.H/c1-4(6)5(2)3;;1-5(2,3)4;/h1-3H3;;(H3,1,2,3,4);. The van der Waals surface area contributed by atoms with Gasteiger partial charge in [-0.25, -0.2) is 4.57 Å². The fraction of sp³-hybridized carbons (Fsp3) is 0.750. The molecule has 0 aromatic heterocycles. The van der Waals surface area contributed by atoms with E-state index < -0.39 is 7.82 Å². The molecule has 70 valence electrons. The van der Waals surface area contributed by atoms with Gasteiger partial charge in [0.25, 0.3) is 0 Å². The van der Waals surface area contributed by atoms with Crippen molar-refractivity contribution < 1.29 is 24.0 Å².